The summed E-state index contributed by atoms with van der Waals surface area (Å²) >= 11 is 0. The Bertz CT molecular complexity index is 1480. The summed E-state index contributed by atoms with van der Waals surface area (Å²) in [5.41, 5.74) is 5.61. The zero-order valence-electron chi connectivity index (χ0n) is 23.8. The van der Waals surface area contributed by atoms with Crippen molar-refractivity contribution in [3.63, 3.8) is 0 Å². The lowest BCUT2D eigenvalue weighted by Gasteiger charge is -2.26. The van der Waals surface area contributed by atoms with Crippen molar-refractivity contribution in [3.05, 3.63) is 82.2 Å². The minimum Gasteiger partial charge on any atom is -0.492 e. The zero-order valence-corrected chi connectivity index (χ0v) is 23.8. The molecule has 8 nitrogen and oxygen atoms in total. The van der Waals surface area contributed by atoms with Crippen LogP contribution < -0.4 is 15.4 Å². The van der Waals surface area contributed by atoms with Gasteiger partial charge in [0.15, 0.2) is 5.78 Å². The second-order valence-corrected chi connectivity index (χ2v) is 11.1. The van der Waals surface area contributed by atoms with Gasteiger partial charge in [0.25, 0.3) is 0 Å². The van der Waals surface area contributed by atoms with Crippen LogP contribution in [0.3, 0.4) is 0 Å². The van der Waals surface area contributed by atoms with E-state index < -0.39 is 5.82 Å². The normalized spacial score (nSPS) is 18.6. The van der Waals surface area contributed by atoms with Gasteiger partial charge in [-0.05, 0) is 85.3 Å². The Balaban J connectivity index is 1.15. The molecule has 9 heteroatoms. The van der Waals surface area contributed by atoms with Crippen molar-refractivity contribution in [1.82, 2.24) is 4.90 Å². The lowest BCUT2D eigenvalue weighted by molar-refractivity contribution is -0.119. The number of rotatable bonds is 8. The molecule has 2 N–H and O–H groups in total. The highest BCUT2D eigenvalue weighted by Crippen LogP contribution is 2.32. The average molecular weight is 574 g/mol. The molecule has 6 rings (SSSR count). The molecule has 3 aromatic rings. The molecule has 3 aromatic carbocycles. The fourth-order valence-corrected chi connectivity index (χ4v) is 5.74. The van der Waals surface area contributed by atoms with Gasteiger partial charge in [0.05, 0.1) is 31.4 Å². The number of carbonyl (C=O) groups excluding carboxylic acids is 2. The SMILES string of the molecule is Cc1cc(F)c(NC(=O)C2CCOC2)cc1Nc1ccc2c(c1)CCc1ccc(OCCN3CCOCC3)cc1C2=O. The molecule has 1 atom stereocenters. The first kappa shape index (κ1) is 28.3. The Morgan fingerprint density at radius 1 is 0.976 bits per heavy atom. The molecule has 2 aliphatic heterocycles. The van der Waals surface area contributed by atoms with Gasteiger partial charge in [-0.25, -0.2) is 4.39 Å². The lowest BCUT2D eigenvalue weighted by Crippen LogP contribution is -2.38. The van der Waals surface area contributed by atoms with Crippen molar-refractivity contribution >= 4 is 28.8 Å². The highest BCUT2D eigenvalue weighted by molar-refractivity contribution is 6.11. The van der Waals surface area contributed by atoms with Crippen molar-refractivity contribution in [3.8, 4) is 5.75 Å². The van der Waals surface area contributed by atoms with Gasteiger partial charge in [0.2, 0.25) is 5.91 Å². The fraction of sp³-hybridized carbons (Fsp3) is 0.394. The number of halogens is 1. The number of hydrogen-bond acceptors (Lipinski definition) is 7. The third-order valence-corrected chi connectivity index (χ3v) is 8.27. The molecular weight excluding hydrogens is 537 g/mol. The predicted octanol–water partition coefficient (Wildman–Crippen LogP) is 4.89. The van der Waals surface area contributed by atoms with Gasteiger partial charge in [-0.2, -0.15) is 0 Å². The van der Waals surface area contributed by atoms with Crippen LogP contribution in [-0.4, -0.2) is 69.3 Å². The quantitative estimate of drug-likeness (QED) is 0.397. The highest BCUT2D eigenvalue weighted by atomic mass is 19.1. The largest absolute Gasteiger partial charge is 0.492 e. The highest BCUT2D eigenvalue weighted by Gasteiger charge is 2.25. The van der Waals surface area contributed by atoms with E-state index in [1.54, 1.807) is 6.07 Å². The van der Waals surface area contributed by atoms with Crippen molar-refractivity contribution in [1.29, 1.82) is 0 Å². The van der Waals surface area contributed by atoms with Gasteiger partial charge in [-0.3, -0.25) is 14.5 Å². The van der Waals surface area contributed by atoms with E-state index in [9.17, 15) is 14.0 Å². The number of ether oxygens (including phenoxy) is 3. The maximum atomic E-state index is 14.7. The van der Waals surface area contributed by atoms with Crippen LogP contribution in [0, 0.1) is 18.7 Å². The molecular formula is C33H36FN3O5. The van der Waals surface area contributed by atoms with E-state index in [0.717, 1.165) is 56.1 Å². The molecule has 220 valence electrons. The number of hydrogen-bond donors (Lipinski definition) is 2. The first-order chi connectivity index (χ1) is 20.4. The number of anilines is 3. The van der Waals surface area contributed by atoms with Gasteiger partial charge in [-0.1, -0.05) is 6.07 Å². The van der Waals surface area contributed by atoms with Crippen LogP contribution in [0.5, 0.6) is 5.75 Å². The van der Waals surface area contributed by atoms with Gasteiger partial charge in [-0.15, -0.1) is 0 Å². The molecule has 0 saturated carbocycles. The minimum atomic E-state index is -0.486. The second kappa shape index (κ2) is 12.6. The van der Waals surface area contributed by atoms with Gasteiger partial charge >= 0.3 is 0 Å². The lowest BCUT2D eigenvalue weighted by atomic mass is 9.98. The molecule has 1 unspecified atom stereocenters. The maximum Gasteiger partial charge on any atom is 0.229 e. The number of carbonyl (C=O) groups is 2. The second-order valence-electron chi connectivity index (χ2n) is 11.1. The number of aryl methyl sites for hydroxylation is 3. The molecule has 1 amide bonds. The van der Waals surface area contributed by atoms with Crippen molar-refractivity contribution in [2.24, 2.45) is 5.92 Å². The fourth-order valence-electron chi connectivity index (χ4n) is 5.74. The summed E-state index contributed by atoms with van der Waals surface area (Å²) in [5.74, 6) is -0.310. The van der Waals surface area contributed by atoms with Gasteiger partial charge < -0.3 is 24.8 Å². The molecule has 3 aliphatic rings. The molecule has 0 spiro atoms. The van der Waals surface area contributed by atoms with Crippen LogP contribution in [0.2, 0.25) is 0 Å². The van der Waals surface area contributed by atoms with Crippen molar-refractivity contribution < 1.29 is 28.2 Å². The van der Waals surface area contributed by atoms with Crippen molar-refractivity contribution in [2.75, 3.05) is 63.3 Å². The number of nitrogens with one attached hydrogen (secondary N) is 2. The monoisotopic (exact) mass is 573 g/mol. The Labute approximate surface area is 245 Å². The third kappa shape index (κ3) is 6.33. The summed E-state index contributed by atoms with van der Waals surface area (Å²) in [6, 6.07) is 14.5. The molecule has 2 fully saturated rings. The van der Waals surface area contributed by atoms with E-state index in [0.29, 0.717) is 60.8 Å². The van der Waals surface area contributed by atoms with Crippen LogP contribution in [0.15, 0.2) is 48.5 Å². The molecule has 0 radical (unpaired) electrons. The third-order valence-electron chi connectivity index (χ3n) is 8.27. The van der Waals surface area contributed by atoms with Crippen LogP contribution in [0.25, 0.3) is 0 Å². The number of ketones is 1. The summed E-state index contributed by atoms with van der Waals surface area (Å²) in [5, 5.41) is 6.08. The molecule has 0 bridgehead atoms. The van der Waals surface area contributed by atoms with E-state index in [4.69, 9.17) is 14.2 Å². The first-order valence-corrected chi connectivity index (χ1v) is 14.6. The molecule has 0 aromatic heterocycles. The smallest absolute Gasteiger partial charge is 0.229 e. The van der Waals surface area contributed by atoms with Gasteiger partial charge in [0, 0.05) is 48.7 Å². The number of fused-ring (bicyclic) bond motifs is 2. The molecule has 1 aliphatic carbocycles. The van der Waals surface area contributed by atoms with Crippen LogP contribution in [0.4, 0.5) is 21.5 Å². The van der Waals surface area contributed by atoms with E-state index in [-0.39, 0.29) is 23.3 Å². The summed E-state index contributed by atoms with van der Waals surface area (Å²) in [6.07, 6.45) is 2.08. The number of amides is 1. The zero-order chi connectivity index (χ0) is 29.1. The molecule has 2 heterocycles. The van der Waals surface area contributed by atoms with E-state index in [1.165, 1.54) is 6.07 Å². The van der Waals surface area contributed by atoms with Crippen LogP contribution >= 0.6 is 0 Å². The van der Waals surface area contributed by atoms with Crippen LogP contribution in [-0.2, 0) is 27.1 Å². The molecule has 42 heavy (non-hydrogen) atoms. The summed E-state index contributed by atoms with van der Waals surface area (Å²) in [4.78, 5) is 28.5. The Kier molecular flexibility index (Phi) is 8.51. The number of nitrogens with zero attached hydrogens (tertiary/aromatic N) is 1. The summed E-state index contributed by atoms with van der Waals surface area (Å²) < 4.78 is 31.4. The standard InChI is InChI=1S/C33H36FN3O5/c1-21-16-29(34)31(36-33(39)24-8-12-41-20-24)19-30(21)35-25-5-7-27-23(17-25)3-2-22-4-6-26(18-28(22)32(27)38)42-15-11-37-9-13-40-14-10-37/h4-7,16-19,24,35H,2-3,8-15,20H2,1H3,(H,36,39). The Hall–Kier alpha value is -3.79. The summed E-state index contributed by atoms with van der Waals surface area (Å²) in [6.45, 7) is 7.41. The number of morpholine rings is 1. The predicted molar refractivity (Wildman–Crippen MR) is 158 cm³/mol. The Morgan fingerprint density at radius 3 is 2.62 bits per heavy atom. The molecule has 2 saturated heterocycles. The summed E-state index contributed by atoms with van der Waals surface area (Å²) in [7, 11) is 0. The van der Waals surface area contributed by atoms with E-state index in [2.05, 4.69) is 15.5 Å². The van der Waals surface area contributed by atoms with E-state index in [1.807, 2.05) is 43.3 Å². The maximum absolute atomic E-state index is 14.7. The van der Waals surface area contributed by atoms with Crippen LogP contribution in [0.1, 0.15) is 39.0 Å². The Morgan fingerprint density at radius 2 is 1.81 bits per heavy atom. The van der Waals surface area contributed by atoms with E-state index >= 15 is 0 Å². The minimum absolute atomic E-state index is 0.0125. The van der Waals surface area contributed by atoms with Crippen molar-refractivity contribution in [2.45, 2.75) is 26.2 Å². The average Bonchev–Trinajstić information content (AvgIpc) is 3.50. The topological polar surface area (TPSA) is 89.1 Å². The first-order valence-electron chi connectivity index (χ1n) is 14.6. The number of benzene rings is 3. The van der Waals surface area contributed by atoms with Gasteiger partial charge in [0.1, 0.15) is 18.2 Å².